The summed E-state index contributed by atoms with van der Waals surface area (Å²) < 4.78 is 6.80. The Morgan fingerprint density at radius 2 is 2.41 bits per heavy atom. The van der Waals surface area contributed by atoms with E-state index < -0.39 is 0 Å². The largest absolute Gasteiger partial charge is 0.383 e. The van der Waals surface area contributed by atoms with Gasteiger partial charge in [-0.3, -0.25) is 9.48 Å². The Morgan fingerprint density at radius 1 is 1.65 bits per heavy atom. The zero-order valence-corrected chi connectivity index (χ0v) is 10.2. The molecule has 0 aliphatic carbocycles. The second kappa shape index (κ2) is 4.75. The molecule has 1 amide bonds. The molecule has 2 N–H and O–H groups in total. The lowest BCUT2D eigenvalue weighted by atomic mass is 10.1. The molecule has 1 saturated heterocycles. The maximum atomic E-state index is 12.2. The van der Waals surface area contributed by atoms with Gasteiger partial charge in [-0.1, -0.05) is 0 Å². The molecule has 2 rings (SSSR count). The Hall–Kier alpha value is -1.56. The third kappa shape index (κ3) is 2.26. The van der Waals surface area contributed by atoms with Gasteiger partial charge in [0.15, 0.2) is 0 Å². The molecule has 1 fully saturated rings. The number of ether oxygens (including phenoxy) is 1. The number of nitrogens with zero attached hydrogens (tertiary/aromatic N) is 3. The Bertz CT molecular complexity index is 416. The molecule has 1 atom stereocenters. The van der Waals surface area contributed by atoms with Gasteiger partial charge in [-0.2, -0.15) is 5.10 Å². The Kier molecular flexibility index (Phi) is 3.33. The molecule has 1 aromatic rings. The number of carbonyl (C=O) groups excluding carboxylic acids is 1. The van der Waals surface area contributed by atoms with E-state index in [0.29, 0.717) is 17.9 Å². The minimum absolute atomic E-state index is 0.0580. The summed E-state index contributed by atoms with van der Waals surface area (Å²) in [6.07, 6.45) is 3.62. The van der Waals surface area contributed by atoms with Gasteiger partial charge in [0.1, 0.15) is 11.4 Å². The second-order valence-corrected chi connectivity index (χ2v) is 4.32. The fourth-order valence-corrected chi connectivity index (χ4v) is 2.10. The highest BCUT2D eigenvalue weighted by atomic mass is 16.5. The first-order valence-corrected chi connectivity index (χ1v) is 5.73. The van der Waals surface area contributed by atoms with Gasteiger partial charge >= 0.3 is 0 Å². The third-order valence-electron chi connectivity index (χ3n) is 3.21. The number of hydrogen-bond acceptors (Lipinski definition) is 4. The normalized spacial score (nSPS) is 20.6. The summed E-state index contributed by atoms with van der Waals surface area (Å²) in [6.45, 7) is 1.39. The molecule has 6 nitrogen and oxygen atoms in total. The smallest absolute Gasteiger partial charge is 0.259 e. The van der Waals surface area contributed by atoms with Crippen LogP contribution in [0.5, 0.6) is 0 Å². The van der Waals surface area contributed by atoms with E-state index in [9.17, 15) is 4.79 Å². The first kappa shape index (κ1) is 11.9. The number of nitrogen functional groups attached to an aromatic ring is 1. The van der Waals surface area contributed by atoms with E-state index in [2.05, 4.69) is 5.10 Å². The van der Waals surface area contributed by atoms with Gasteiger partial charge in [0.2, 0.25) is 0 Å². The van der Waals surface area contributed by atoms with Gasteiger partial charge in [-0.25, -0.2) is 0 Å². The number of aryl methyl sites for hydroxylation is 1. The molecule has 1 aromatic heterocycles. The highest BCUT2D eigenvalue weighted by molar-refractivity contribution is 5.98. The summed E-state index contributed by atoms with van der Waals surface area (Å²) in [4.78, 5) is 14.0. The van der Waals surface area contributed by atoms with E-state index in [0.717, 1.165) is 19.4 Å². The molecule has 1 aliphatic rings. The highest BCUT2D eigenvalue weighted by Crippen LogP contribution is 2.18. The molecule has 0 radical (unpaired) electrons. The van der Waals surface area contributed by atoms with Crippen LogP contribution < -0.4 is 5.73 Å². The zero-order chi connectivity index (χ0) is 12.4. The van der Waals surface area contributed by atoms with Crippen molar-refractivity contribution in [3.05, 3.63) is 11.8 Å². The minimum Gasteiger partial charge on any atom is -0.383 e. The zero-order valence-electron chi connectivity index (χ0n) is 10.2. The van der Waals surface area contributed by atoms with Crippen molar-refractivity contribution < 1.29 is 9.53 Å². The first-order valence-electron chi connectivity index (χ1n) is 5.73. The molecule has 6 heteroatoms. The maximum Gasteiger partial charge on any atom is 0.259 e. The van der Waals surface area contributed by atoms with E-state index in [1.165, 1.54) is 10.9 Å². The number of nitrogens with two attached hydrogens (primary N) is 1. The van der Waals surface area contributed by atoms with Gasteiger partial charge in [0, 0.05) is 27.2 Å². The van der Waals surface area contributed by atoms with Crippen LogP contribution in [0.3, 0.4) is 0 Å². The molecule has 17 heavy (non-hydrogen) atoms. The second-order valence-electron chi connectivity index (χ2n) is 4.32. The van der Waals surface area contributed by atoms with Crippen molar-refractivity contribution >= 4 is 11.7 Å². The van der Waals surface area contributed by atoms with Gasteiger partial charge in [-0.15, -0.1) is 0 Å². The van der Waals surface area contributed by atoms with Crippen LogP contribution in [0.25, 0.3) is 0 Å². The monoisotopic (exact) mass is 238 g/mol. The van der Waals surface area contributed by atoms with E-state index in [1.807, 2.05) is 0 Å². The molecule has 0 spiro atoms. The fraction of sp³-hybridized carbons (Fsp3) is 0.636. The number of amides is 1. The summed E-state index contributed by atoms with van der Waals surface area (Å²) in [7, 11) is 3.40. The van der Waals surface area contributed by atoms with Gasteiger partial charge in [0.05, 0.1) is 12.3 Å². The Morgan fingerprint density at radius 3 is 3.00 bits per heavy atom. The van der Waals surface area contributed by atoms with E-state index in [4.69, 9.17) is 10.5 Å². The molecule has 1 aliphatic heterocycles. The molecule has 0 bridgehead atoms. The number of rotatable bonds is 2. The van der Waals surface area contributed by atoms with E-state index >= 15 is 0 Å². The quantitative estimate of drug-likeness (QED) is 0.801. The molecule has 0 saturated carbocycles. The summed E-state index contributed by atoms with van der Waals surface area (Å²) in [5, 5.41) is 3.98. The summed E-state index contributed by atoms with van der Waals surface area (Å²) >= 11 is 0. The van der Waals surface area contributed by atoms with Crippen LogP contribution in [0, 0.1) is 0 Å². The van der Waals surface area contributed by atoms with E-state index in [1.54, 1.807) is 19.1 Å². The molecule has 94 valence electrons. The number of aromatic nitrogens is 2. The molecule has 0 aromatic carbocycles. The highest BCUT2D eigenvalue weighted by Gasteiger charge is 2.26. The number of methoxy groups -OCH3 is 1. The van der Waals surface area contributed by atoms with Crippen LogP contribution in [-0.2, 0) is 11.8 Å². The van der Waals surface area contributed by atoms with Crippen molar-refractivity contribution in [3.63, 3.8) is 0 Å². The summed E-state index contributed by atoms with van der Waals surface area (Å²) in [6, 6.07) is 0. The lowest BCUT2D eigenvalue weighted by molar-refractivity contribution is 0.0269. The van der Waals surface area contributed by atoms with Crippen LogP contribution in [0.15, 0.2) is 6.20 Å². The Labute approximate surface area is 100 Å². The van der Waals surface area contributed by atoms with Crippen molar-refractivity contribution in [2.45, 2.75) is 18.9 Å². The van der Waals surface area contributed by atoms with Crippen molar-refractivity contribution in [2.75, 3.05) is 25.9 Å². The molecular weight excluding hydrogens is 220 g/mol. The van der Waals surface area contributed by atoms with Crippen LogP contribution in [0.1, 0.15) is 23.2 Å². The van der Waals surface area contributed by atoms with Crippen LogP contribution in [0.4, 0.5) is 5.82 Å². The molecule has 1 unspecified atom stereocenters. The molecule has 2 heterocycles. The SMILES string of the molecule is COC1CCCN(C(=O)c2cnn(C)c2N)C1. The average Bonchev–Trinajstić information content (AvgIpc) is 2.69. The maximum absolute atomic E-state index is 12.2. The van der Waals surface area contributed by atoms with Crippen LogP contribution in [0.2, 0.25) is 0 Å². The van der Waals surface area contributed by atoms with Crippen molar-refractivity contribution in [2.24, 2.45) is 7.05 Å². The predicted molar refractivity (Wildman–Crippen MR) is 63.6 cm³/mol. The lowest BCUT2D eigenvalue weighted by Gasteiger charge is -2.31. The number of likely N-dealkylation sites (tertiary alicyclic amines) is 1. The number of hydrogen-bond donors (Lipinski definition) is 1. The van der Waals surface area contributed by atoms with Crippen molar-refractivity contribution in [1.29, 1.82) is 0 Å². The van der Waals surface area contributed by atoms with Crippen LogP contribution in [-0.4, -0.2) is 46.9 Å². The first-order chi connectivity index (χ1) is 8.13. The summed E-state index contributed by atoms with van der Waals surface area (Å²) in [5.74, 6) is 0.354. The predicted octanol–water partition coefficient (Wildman–Crippen LogP) is 0.253. The third-order valence-corrected chi connectivity index (χ3v) is 3.21. The molecular formula is C11H18N4O2. The topological polar surface area (TPSA) is 73.4 Å². The average molecular weight is 238 g/mol. The number of piperidine rings is 1. The standard InChI is InChI=1S/C11H18N4O2/c1-14-10(12)9(6-13-14)11(16)15-5-3-4-8(7-15)17-2/h6,8H,3-5,7,12H2,1-2H3. The Balaban J connectivity index is 2.12. The number of anilines is 1. The van der Waals surface area contributed by atoms with Crippen LogP contribution >= 0.6 is 0 Å². The van der Waals surface area contributed by atoms with E-state index in [-0.39, 0.29) is 12.0 Å². The van der Waals surface area contributed by atoms with Crippen molar-refractivity contribution in [1.82, 2.24) is 14.7 Å². The lowest BCUT2D eigenvalue weighted by Crippen LogP contribution is -2.43. The van der Waals surface area contributed by atoms with Gasteiger partial charge < -0.3 is 15.4 Å². The van der Waals surface area contributed by atoms with Crippen molar-refractivity contribution in [3.8, 4) is 0 Å². The van der Waals surface area contributed by atoms with Gasteiger partial charge in [0.25, 0.3) is 5.91 Å². The minimum atomic E-state index is -0.0580. The van der Waals surface area contributed by atoms with Gasteiger partial charge in [-0.05, 0) is 12.8 Å². The fourth-order valence-electron chi connectivity index (χ4n) is 2.10. The number of carbonyl (C=O) groups is 1. The summed E-state index contributed by atoms with van der Waals surface area (Å²) in [5.41, 5.74) is 6.28.